The molecule has 1 aliphatic heterocycles. The van der Waals surface area contributed by atoms with E-state index >= 15 is 0 Å². The second-order valence-electron chi connectivity index (χ2n) is 5.47. The van der Waals surface area contributed by atoms with Gasteiger partial charge in [-0.1, -0.05) is 42.5 Å². The molecule has 0 unspecified atom stereocenters. The molecule has 1 amide bonds. The van der Waals surface area contributed by atoms with E-state index < -0.39 is 0 Å². The van der Waals surface area contributed by atoms with Gasteiger partial charge >= 0.3 is 0 Å². The van der Waals surface area contributed by atoms with E-state index in [9.17, 15) is 4.79 Å². The van der Waals surface area contributed by atoms with Crippen LogP contribution in [-0.4, -0.2) is 42.1 Å². The molecule has 5 heteroatoms. The molecule has 3 aromatic rings. The summed E-state index contributed by atoms with van der Waals surface area (Å²) in [6, 6.07) is 14.4. The van der Waals surface area contributed by atoms with Crippen molar-refractivity contribution in [3.05, 3.63) is 52.9 Å². The van der Waals surface area contributed by atoms with Crippen LogP contribution in [0.2, 0.25) is 0 Å². The maximum absolute atomic E-state index is 12.5. The Kier molecular flexibility index (Phi) is 3.81. The van der Waals surface area contributed by atoms with Crippen molar-refractivity contribution in [3.8, 4) is 11.3 Å². The molecule has 4 rings (SSSR count). The molecule has 1 aliphatic rings. The van der Waals surface area contributed by atoms with Crippen molar-refractivity contribution in [1.82, 2.24) is 9.88 Å². The smallest absolute Gasteiger partial charge is 0.283 e. The molecule has 1 fully saturated rings. The number of hydrogen-bond acceptors (Lipinski definition) is 4. The van der Waals surface area contributed by atoms with E-state index in [-0.39, 0.29) is 5.91 Å². The summed E-state index contributed by atoms with van der Waals surface area (Å²) in [6.07, 6.45) is 0. The summed E-state index contributed by atoms with van der Waals surface area (Å²) in [7, 11) is 0. The van der Waals surface area contributed by atoms with Crippen molar-refractivity contribution < 1.29 is 9.53 Å². The topological polar surface area (TPSA) is 42.4 Å². The quantitative estimate of drug-likeness (QED) is 0.725. The number of hydrogen-bond donors (Lipinski definition) is 0. The largest absolute Gasteiger partial charge is 0.378 e. The minimum Gasteiger partial charge on any atom is -0.378 e. The first-order valence-corrected chi connectivity index (χ1v) is 8.51. The molecule has 1 aromatic heterocycles. The van der Waals surface area contributed by atoms with Gasteiger partial charge in [0.1, 0.15) is 0 Å². The van der Waals surface area contributed by atoms with Gasteiger partial charge in [0.25, 0.3) is 5.91 Å². The summed E-state index contributed by atoms with van der Waals surface area (Å²) >= 11 is 1.41. The predicted octanol–water partition coefficient (Wildman–Crippen LogP) is 3.44. The van der Waals surface area contributed by atoms with Crippen molar-refractivity contribution in [3.63, 3.8) is 0 Å². The van der Waals surface area contributed by atoms with Gasteiger partial charge in [-0.05, 0) is 10.8 Å². The molecule has 4 nitrogen and oxygen atoms in total. The zero-order valence-corrected chi connectivity index (χ0v) is 13.4. The Morgan fingerprint density at radius 3 is 2.74 bits per heavy atom. The van der Waals surface area contributed by atoms with Gasteiger partial charge in [0.15, 0.2) is 5.01 Å². The lowest BCUT2D eigenvalue weighted by Gasteiger charge is -2.25. The van der Waals surface area contributed by atoms with Crippen LogP contribution in [0.5, 0.6) is 0 Å². The number of nitrogens with zero attached hydrogens (tertiary/aromatic N) is 2. The fourth-order valence-corrected chi connectivity index (χ4v) is 3.63. The van der Waals surface area contributed by atoms with Crippen LogP contribution in [0.15, 0.2) is 47.8 Å². The van der Waals surface area contributed by atoms with Gasteiger partial charge in [-0.3, -0.25) is 4.79 Å². The first-order valence-electron chi connectivity index (χ1n) is 7.63. The van der Waals surface area contributed by atoms with E-state index in [0.29, 0.717) is 31.3 Å². The van der Waals surface area contributed by atoms with E-state index in [1.54, 1.807) is 0 Å². The van der Waals surface area contributed by atoms with Gasteiger partial charge in [-0.25, -0.2) is 4.98 Å². The maximum Gasteiger partial charge on any atom is 0.283 e. The third-order valence-electron chi connectivity index (χ3n) is 4.05. The fraction of sp³-hybridized carbons (Fsp3) is 0.222. The lowest BCUT2D eigenvalue weighted by Crippen LogP contribution is -2.40. The summed E-state index contributed by atoms with van der Waals surface area (Å²) < 4.78 is 5.30. The number of thiazole rings is 1. The van der Waals surface area contributed by atoms with Gasteiger partial charge in [-0.2, -0.15) is 0 Å². The number of benzene rings is 2. The lowest BCUT2D eigenvalue weighted by atomic mass is 10.0. The molecule has 0 aliphatic carbocycles. The predicted molar refractivity (Wildman–Crippen MR) is 91.8 cm³/mol. The summed E-state index contributed by atoms with van der Waals surface area (Å²) in [6.45, 7) is 2.49. The van der Waals surface area contributed by atoms with Crippen LogP contribution in [0, 0.1) is 0 Å². The molecule has 116 valence electrons. The number of rotatable bonds is 2. The van der Waals surface area contributed by atoms with Crippen LogP contribution in [0.25, 0.3) is 22.0 Å². The second-order valence-corrected chi connectivity index (χ2v) is 6.33. The summed E-state index contributed by atoms with van der Waals surface area (Å²) in [5, 5.41) is 4.86. The molecular formula is C18H16N2O2S. The summed E-state index contributed by atoms with van der Waals surface area (Å²) in [5.41, 5.74) is 1.93. The Bertz CT molecular complexity index is 848. The van der Waals surface area contributed by atoms with Crippen molar-refractivity contribution in [2.75, 3.05) is 26.3 Å². The molecule has 0 N–H and O–H groups in total. The zero-order valence-electron chi connectivity index (χ0n) is 12.6. The van der Waals surface area contributed by atoms with Crippen LogP contribution in [0.1, 0.15) is 9.80 Å². The molecule has 0 bridgehead atoms. The minimum atomic E-state index is 0.00443. The number of morpholine rings is 1. The highest BCUT2D eigenvalue weighted by Gasteiger charge is 2.21. The highest BCUT2D eigenvalue weighted by atomic mass is 32.1. The van der Waals surface area contributed by atoms with E-state index in [2.05, 4.69) is 29.2 Å². The SMILES string of the molecule is O=C(c1nc(-c2cccc3ccccc23)cs1)N1CCOCC1. The maximum atomic E-state index is 12.5. The van der Waals surface area contributed by atoms with Gasteiger partial charge in [0, 0.05) is 24.0 Å². The van der Waals surface area contributed by atoms with Gasteiger partial charge in [0.2, 0.25) is 0 Å². The third kappa shape index (κ3) is 2.73. The van der Waals surface area contributed by atoms with Gasteiger partial charge in [-0.15, -0.1) is 11.3 Å². The third-order valence-corrected chi connectivity index (χ3v) is 4.88. The number of ether oxygens (including phenoxy) is 1. The highest BCUT2D eigenvalue weighted by Crippen LogP contribution is 2.29. The summed E-state index contributed by atoms with van der Waals surface area (Å²) in [5.74, 6) is 0.00443. The molecule has 0 radical (unpaired) electrons. The average Bonchev–Trinajstić information content (AvgIpc) is 3.11. The molecular weight excluding hydrogens is 308 g/mol. The first-order chi connectivity index (χ1) is 11.3. The Balaban J connectivity index is 1.68. The lowest BCUT2D eigenvalue weighted by molar-refractivity contribution is 0.0303. The Morgan fingerprint density at radius 2 is 1.87 bits per heavy atom. The van der Waals surface area contributed by atoms with Gasteiger partial charge < -0.3 is 9.64 Å². The molecule has 1 saturated heterocycles. The Labute approximate surface area is 138 Å². The minimum absolute atomic E-state index is 0.00443. The van der Waals surface area contributed by atoms with E-state index in [4.69, 9.17) is 4.74 Å². The van der Waals surface area contributed by atoms with E-state index in [0.717, 1.165) is 16.6 Å². The van der Waals surface area contributed by atoms with Gasteiger partial charge in [0.05, 0.1) is 18.9 Å². The monoisotopic (exact) mass is 324 g/mol. The van der Waals surface area contributed by atoms with Crippen LogP contribution in [0.3, 0.4) is 0 Å². The number of aromatic nitrogens is 1. The standard InChI is InChI=1S/C18H16N2O2S/c21-18(20-8-10-22-11-9-20)17-19-16(12-23-17)15-7-3-5-13-4-1-2-6-14(13)15/h1-7,12H,8-11H2. The first kappa shape index (κ1) is 14.4. The van der Waals surface area contributed by atoms with Crippen LogP contribution in [-0.2, 0) is 4.74 Å². The summed E-state index contributed by atoms with van der Waals surface area (Å²) in [4.78, 5) is 18.9. The molecule has 2 heterocycles. The normalized spacial score (nSPS) is 15.0. The number of amides is 1. The molecule has 0 saturated carbocycles. The number of fused-ring (bicyclic) bond motifs is 1. The molecule has 2 aromatic carbocycles. The molecule has 23 heavy (non-hydrogen) atoms. The second kappa shape index (κ2) is 6.10. The van der Waals surface area contributed by atoms with Crippen molar-refractivity contribution in [2.45, 2.75) is 0 Å². The van der Waals surface area contributed by atoms with Crippen LogP contribution in [0.4, 0.5) is 0 Å². The number of carbonyl (C=O) groups excluding carboxylic acids is 1. The fourth-order valence-electron chi connectivity index (χ4n) is 2.85. The number of carbonyl (C=O) groups is 1. The Hall–Kier alpha value is -2.24. The molecule has 0 atom stereocenters. The van der Waals surface area contributed by atoms with Crippen molar-refractivity contribution >= 4 is 28.0 Å². The average molecular weight is 324 g/mol. The Morgan fingerprint density at radius 1 is 1.09 bits per heavy atom. The van der Waals surface area contributed by atoms with Crippen LogP contribution >= 0.6 is 11.3 Å². The van der Waals surface area contributed by atoms with Crippen molar-refractivity contribution in [2.24, 2.45) is 0 Å². The van der Waals surface area contributed by atoms with E-state index in [1.165, 1.54) is 16.7 Å². The van der Waals surface area contributed by atoms with E-state index in [1.807, 2.05) is 28.5 Å². The highest BCUT2D eigenvalue weighted by molar-refractivity contribution is 7.12. The van der Waals surface area contributed by atoms with Crippen LogP contribution < -0.4 is 0 Å². The molecule has 0 spiro atoms. The van der Waals surface area contributed by atoms with Crippen molar-refractivity contribution in [1.29, 1.82) is 0 Å². The zero-order chi connectivity index (χ0) is 15.6.